The van der Waals surface area contributed by atoms with E-state index >= 15 is 13.7 Å². The second kappa shape index (κ2) is 27.8. The molecule has 0 aliphatic carbocycles. The Hall–Kier alpha value is -14.2. The number of para-hydroxylation sites is 6. The highest BCUT2D eigenvalue weighted by Crippen LogP contribution is 2.50. The molecule has 24 rings (SSSR count). The van der Waals surface area contributed by atoms with Gasteiger partial charge in [-0.15, -0.1) is 0 Å². The standard InChI is InChI=1S/3C35H23N2OP/c38-39(25-13-3-1-4-14-25,26-15-5-2-6-16-26)32-21-11-18-29-33(32)28-23-22-24-12-7-8-17-27(24)34(28)37-31-20-10-9-19-30(31)36-35(29)37;38-39(25-12-3-1-4-13-25,26-14-5-2-6-15-26)27-20-22-29-30-21-19-24-11-7-8-16-28(24)34(30)37-33-18-10-9-17-32(33)36-35(37)31(29)23-27;38-39(25-12-3-1-4-13-25,26-14-5-2-6-15-26)27-20-22-30-31(23-27)29-21-19-24-11-7-8-16-28(24)34(29)37-33-18-10-9-17-32(33)36-35(30)37/h3*1-23H. The van der Waals surface area contributed by atoms with Crippen molar-refractivity contribution >= 4 is 217 Å². The average Bonchev–Trinajstić information content (AvgIpc) is 1.63. The molecule has 117 heavy (non-hydrogen) atoms. The monoisotopic (exact) mass is 1550 g/mol. The molecule has 12 heteroatoms. The lowest BCUT2D eigenvalue weighted by atomic mass is 10.0. The number of imidazole rings is 3. The highest BCUT2D eigenvalue weighted by molar-refractivity contribution is 7.86. The predicted octanol–water partition coefficient (Wildman–Crippen LogP) is 22.8. The van der Waals surface area contributed by atoms with Gasteiger partial charge in [-0.25, -0.2) is 15.0 Å². The van der Waals surface area contributed by atoms with E-state index < -0.39 is 21.4 Å². The van der Waals surface area contributed by atoms with Gasteiger partial charge in [-0.2, -0.15) is 0 Å². The molecule has 18 aromatic carbocycles. The van der Waals surface area contributed by atoms with Gasteiger partial charge in [0.1, 0.15) is 16.9 Å². The molecule has 6 heterocycles. The quantitative estimate of drug-likeness (QED) is 0.105. The van der Waals surface area contributed by atoms with E-state index in [4.69, 9.17) is 15.0 Å². The molecule has 0 fully saturated rings. The summed E-state index contributed by atoms with van der Waals surface area (Å²) < 4.78 is 52.9. The van der Waals surface area contributed by atoms with Crippen LogP contribution in [0.1, 0.15) is 0 Å². The van der Waals surface area contributed by atoms with Crippen LogP contribution in [0.25, 0.3) is 147 Å². The van der Waals surface area contributed by atoms with Crippen LogP contribution in [-0.2, 0) is 13.7 Å². The SMILES string of the molecule is O=P(c1ccccc1)(c1ccccc1)c1ccc2c(c1)c1ccc3ccccc3c1n1c3ccccc3nc21.O=P(c1ccccc1)(c1ccccc1)c1ccc2c(c1)c1nc3ccccc3n1c1c3ccccc3ccc21.O=P(c1ccccc1)(c1ccccc1)c1cccc2c1c1ccc3ccccc3c1n1c3ccccc3nc21. The number of hydrogen-bond acceptors (Lipinski definition) is 6. The zero-order valence-electron chi connectivity index (χ0n) is 63.1. The van der Waals surface area contributed by atoms with Gasteiger partial charge in [-0.3, -0.25) is 13.2 Å². The third-order valence-corrected chi connectivity index (χ3v) is 32.7. The summed E-state index contributed by atoms with van der Waals surface area (Å²) in [5, 5.41) is 24.0. The van der Waals surface area contributed by atoms with Crippen LogP contribution in [0.2, 0.25) is 0 Å². The second-order valence-electron chi connectivity index (χ2n) is 29.8. The fourth-order valence-electron chi connectivity index (χ4n) is 18.1. The van der Waals surface area contributed by atoms with Crippen molar-refractivity contribution in [2.45, 2.75) is 0 Å². The summed E-state index contributed by atoms with van der Waals surface area (Å²) in [4.78, 5) is 15.4. The van der Waals surface area contributed by atoms with Crippen LogP contribution in [0.3, 0.4) is 0 Å². The highest BCUT2D eigenvalue weighted by atomic mass is 31.2. The molecule has 0 N–H and O–H groups in total. The van der Waals surface area contributed by atoms with Crippen LogP contribution in [0.15, 0.2) is 419 Å². The highest BCUT2D eigenvalue weighted by Gasteiger charge is 2.35. The van der Waals surface area contributed by atoms with Crippen LogP contribution < -0.4 is 47.7 Å². The van der Waals surface area contributed by atoms with Gasteiger partial charge in [0.05, 0.1) is 49.7 Å². The molecule has 0 saturated carbocycles. The molecule has 0 bridgehead atoms. The molecule has 0 saturated heterocycles. The minimum atomic E-state index is -3.24. The summed E-state index contributed by atoms with van der Waals surface area (Å²) in [7, 11) is -9.49. The van der Waals surface area contributed by atoms with Crippen LogP contribution in [0.4, 0.5) is 0 Å². The number of hydrogen-bond donors (Lipinski definition) is 0. The molecule has 552 valence electrons. The first-order chi connectivity index (χ1) is 57.7. The third kappa shape index (κ3) is 10.9. The van der Waals surface area contributed by atoms with Gasteiger partial charge >= 0.3 is 0 Å². The van der Waals surface area contributed by atoms with E-state index in [0.717, 1.165) is 174 Å². The normalized spacial score (nSPS) is 12.2. The molecule has 0 atom stereocenters. The van der Waals surface area contributed by atoms with Gasteiger partial charge in [0.25, 0.3) is 0 Å². The molecular formula is C105H69N6O3P3. The Morgan fingerprint density at radius 1 is 0.188 bits per heavy atom. The Kier molecular flexibility index (Phi) is 16.6. The van der Waals surface area contributed by atoms with E-state index in [1.54, 1.807) is 0 Å². The summed E-state index contributed by atoms with van der Waals surface area (Å²) in [6.07, 6.45) is 0. The van der Waals surface area contributed by atoms with Crippen molar-refractivity contribution in [1.29, 1.82) is 0 Å². The summed E-state index contributed by atoms with van der Waals surface area (Å²) in [6.45, 7) is 0. The molecule has 0 aliphatic heterocycles. The number of pyridine rings is 3. The maximum absolute atomic E-state index is 15.6. The predicted molar refractivity (Wildman–Crippen MR) is 494 cm³/mol. The van der Waals surface area contributed by atoms with Crippen molar-refractivity contribution in [3.63, 3.8) is 0 Å². The number of nitrogens with zero attached hydrogens (tertiary/aromatic N) is 6. The van der Waals surface area contributed by atoms with E-state index in [2.05, 4.69) is 219 Å². The van der Waals surface area contributed by atoms with Crippen LogP contribution in [0, 0.1) is 0 Å². The molecule has 0 unspecified atom stereocenters. The fraction of sp³-hybridized carbons (Fsp3) is 0. The first-order valence-corrected chi connectivity index (χ1v) is 44.4. The minimum absolute atomic E-state index is 0.807. The van der Waals surface area contributed by atoms with E-state index in [1.807, 2.05) is 212 Å². The van der Waals surface area contributed by atoms with Crippen LogP contribution in [0.5, 0.6) is 0 Å². The van der Waals surface area contributed by atoms with E-state index in [-0.39, 0.29) is 0 Å². The number of benzene rings is 18. The van der Waals surface area contributed by atoms with Crippen molar-refractivity contribution in [1.82, 2.24) is 28.2 Å². The van der Waals surface area contributed by atoms with Gasteiger partial charge < -0.3 is 13.7 Å². The zero-order valence-corrected chi connectivity index (χ0v) is 65.8. The van der Waals surface area contributed by atoms with Crippen molar-refractivity contribution < 1.29 is 13.7 Å². The average molecular weight is 1560 g/mol. The van der Waals surface area contributed by atoms with Crippen molar-refractivity contribution in [2.75, 3.05) is 0 Å². The Morgan fingerprint density at radius 3 is 0.889 bits per heavy atom. The van der Waals surface area contributed by atoms with Gasteiger partial charge in [-0.1, -0.05) is 364 Å². The van der Waals surface area contributed by atoms with Gasteiger partial charge in [-0.05, 0) is 81.5 Å². The first-order valence-electron chi connectivity index (χ1n) is 39.3. The third-order valence-electron chi connectivity index (χ3n) is 23.5. The van der Waals surface area contributed by atoms with Gasteiger partial charge in [0.15, 0.2) is 21.4 Å². The Morgan fingerprint density at radius 2 is 0.479 bits per heavy atom. The van der Waals surface area contributed by atoms with Crippen molar-refractivity contribution in [3.05, 3.63) is 419 Å². The Labute approximate surface area is 672 Å². The minimum Gasteiger partial charge on any atom is -0.309 e. The van der Waals surface area contributed by atoms with E-state index in [0.29, 0.717) is 0 Å². The lowest BCUT2D eigenvalue weighted by Gasteiger charge is -2.23. The zero-order chi connectivity index (χ0) is 77.9. The number of fused-ring (bicyclic) bond motifs is 30. The Bertz CT molecular complexity index is 8100. The molecule has 24 aromatic rings. The largest absolute Gasteiger partial charge is 0.309 e. The first kappa shape index (κ1) is 69.5. The summed E-state index contributed by atoms with van der Waals surface area (Å²) in [5.41, 5.74) is 12.1. The topological polar surface area (TPSA) is 103 Å². The molecule has 6 aromatic heterocycles. The molecule has 0 amide bonds. The van der Waals surface area contributed by atoms with Gasteiger partial charge in [0.2, 0.25) is 0 Å². The maximum Gasteiger partial charge on any atom is 0.171 e. The van der Waals surface area contributed by atoms with Crippen LogP contribution in [-0.4, -0.2) is 28.2 Å². The molecule has 0 radical (unpaired) electrons. The summed E-state index contributed by atoms with van der Waals surface area (Å²) in [6, 6.07) is 142. The number of aromatic nitrogens is 6. The van der Waals surface area contributed by atoms with Gasteiger partial charge in [0, 0.05) is 102 Å². The van der Waals surface area contributed by atoms with Crippen molar-refractivity contribution in [3.8, 4) is 0 Å². The Balaban J connectivity index is 0.000000106. The molecule has 0 spiro atoms. The number of rotatable bonds is 9. The lowest BCUT2D eigenvalue weighted by Crippen LogP contribution is -2.25. The smallest absolute Gasteiger partial charge is 0.171 e. The summed E-state index contributed by atoms with van der Waals surface area (Å²) >= 11 is 0. The van der Waals surface area contributed by atoms with Crippen molar-refractivity contribution in [2.24, 2.45) is 0 Å². The summed E-state index contributed by atoms with van der Waals surface area (Å²) in [5.74, 6) is 0. The molecule has 0 aliphatic rings. The lowest BCUT2D eigenvalue weighted by molar-refractivity contribution is 0.591. The van der Waals surface area contributed by atoms with E-state index in [1.165, 1.54) is 21.5 Å². The molecular weight excluding hydrogens is 1490 g/mol. The fourth-order valence-corrected chi connectivity index (χ4v) is 26.4. The second-order valence-corrected chi connectivity index (χ2v) is 38.1. The maximum atomic E-state index is 15.6. The van der Waals surface area contributed by atoms with E-state index in [9.17, 15) is 0 Å². The van der Waals surface area contributed by atoms with Crippen LogP contribution >= 0.6 is 21.4 Å². The molecule has 9 nitrogen and oxygen atoms in total.